The first kappa shape index (κ1) is 15.1. The van der Waals surface area contributed by atoms with E-state index in [2.05, 4.69) is 9.88 Å². The van der Waals surface area contributed by atoms with Crippen LogP contribution in [0.2, 0.25) is 0 Å². The minimum absolute atomic E-state index is 0.0211. The summed E-state index contributed by atoms with van der Waals surface area (Å²) >= 11 is 1.64. The minimum atomic E-state index is -0.226. The predicted octanol–water partition coefficient (Wildman–Crippen LogP) is 3.11. The Morgan fingerprint density at radius 1 is 1.45 bits per heavy atom. The first-order valence-corrected chi connectivity index (χ1v) is 7.47. The average Bonchev–Trinajstić information content (AvgIpc) is 2.74. The molecule has 0 spiro atoms. The summed E-state index contributed by atoms with van der Waals surface area (Å²) in [6, 6.07) is 6.56. The molecule has 1 aromatic heterocycles. The third-order valence-electron chi connectivity index (χ3n) is 3.40. The Balaban J connectivity index is 2.22. The molecule has 2 unspecified atom stereocenters. The van der Waals surface area contributed by atoms with Crippen LogP contribution < -0.4 is 5.73 Å². The molecule has 0 saturated carbocycles. The molecule has 0 bridgehead atoms. The quantitative estimate of drug-likeness (QED) is 0.921. The summed E-state index contributed by atoms with van der Waals surface area (Å²) in [6.07, 6.45) is 0. The smallest absolute Gasteiger partial charge is 0.123 e. The molecule has 2 rings (SSSR count). The van der Waals surface area contributed by atoms with Crippen molar-refractivity contribution in [1.82, 2.24) is 9.88 Å². The second-order valence-electron chi connectivity index (χ2n) is 5.14. The fraction of sp³-hybridized carbons (Fsp3) is 0.400. The monoisotopic (exact) mass is 293 g/mol. The van der Waals surface area contributed by atoms with Crippen LogP contribution in [0, 0.1) is 12.7 Å². The zero-order chi connectivity index (χ0) is 14.7. The van der Waals surface area contributed by atoms with Crippen molar-refractivity contribution in [2.45, 2.75) is 32.5 Å². The van der Waals surface area contributed by atoms with Crippen LogP contribution in [-0.2, 0) is 6.54 Å². The van der Waals surface area contributed by atoms with Crippen LogP contribution in [-0.4, -0.2) is 23.0 Å². The minimum Gasteiger partial charge on any atom is -0.326 e. The summed E-state index contributed by atoms with van der Waals surface area (Å²) in [4.78, 5) is 7.63. The van der Waals surface area contributed by atoms with Gasteiger partial charge in [-0.2, -0.15) is 0 Å². The Morgan fingerprint density at radius 3 is 2.75 bits per heavy atom. The van der Waals surface area contributed by atoms with Crippen molar-refractivity contribution >= 4 is 11.3 Å². The molecule has 2 N–H and O–H groups in total. The Morgan fingerprint density at radius 2 is 2.20 bits per heavy atom. The molecule has 0 saturated heterocycles. The van der Waals surface area contributed by atoms with Crippen LogP contribution in [0.1, 0.15) is 29.1 Å². The first-order valence-electron chi connectivity index (χ1n) is 6.59. The van der Waals surface area contributed by atoms with E-state index >= 15 is 0 Å². The topological polar surface area (TPSA) is 42.2 Å². The van der Waals surface area contributed by atoms with E-state index in [0.29, 0.717) is 0 Å². The predicted molar refractivity (Wildman–Crippen MR) is 81.1 cm³/mol. The zero-order valence-electron chi connectivity index (χ0n) is 12.0. The van der Waals surface area contributed by atoms with Crippen LogP contribution in [0.5, 0.6) is 0 Å². The van der Waals surface area contributed by atoms with Crippen LogP contribution in [0.4, 0.5) is 4.39 Å². The van der Waals surface area contributed by atoms with Gasteiger partial charge in [0, 0.05) is 23.5 Å². The molecule has 108 valence electrons. The number of hydrogen-bond acceptors (Lipinski definition) is 4. The number of halogens is 1. The van der Waals surface area contributed by atoms with Gasteiger partial charge in [0.05, 0.1) is 11.2 Å². The number of hydrogen-bond donors (Lipinski definition) is 1. The summed E-state index contributed by atoms with van der Waals surface area (Å²) in [6.45, 7) is 4.72. The van der Waals surface area contributed by atoms with Gasteiger partial charge in [0.25, 0.3) is 0 Å². The van der Waals surface area contributed by atoms with E-state index in [1.807, 2.05) is 32.5 Å². The molecule has 0 radical (unpaired) electrons. The third kappa shape index (κ3) is 3.42. The lowest BCUT2D eigenvalue weighted by molar-refractivity contribution is 0.212. The van der Waals surface area contributed by atoms with Gasteiger partial charge in [0.15, 0.2) is 0 Å². The molecule has 0 amide bonds. The van der Waals surface area contributed by atoms with Crippen LogP contribution in [0.3, 0.4) is 0 Å². The van der Waals surface area contributed by atoms with Gasteiger partial charge >= 0.3 is 0 Å². The van der Waals surface area contributed by atoms with Gasteiger partial charge in [-0.3, -0.25) is 4.90 Å². The average molecular weight is 293 g/mol. The number of aromatic nitrogens is 1. The van der Waals surface area contributed by atoms with E-state index in [0.717, 1.165) is 17.8 Å². The molecule has 2 atom stereocenters. The summed E-state index contributed by atoms with van der Waals surface area (Å²) in [5.74, 6) is -0.226. The van der Waals surface area contributed by atoms with Crippen molar-refractivity contribution in [2.24, 2.45) is 5.73 Å². The largest absolute Gasteiger partial charge is 0.326 e. The highest BCUT2D eigenvalue weighted by molar-refractivity contribution is 7.09. The van der Waals surface area contributed by atoms with E-state index in [-0.39, 0.29) is 17.9 Å². The Hall–Kier alpha value is -1.30. The third-order valence-corrected chi connectivity index (χ3v) is 4.32. The molecule has 3 nitrogen and oxygen atoms in total. The summed E-state index contributed by atoms with van der Waals surface area (Å²) < 4.78 is 13.4. The molecule has 0 aliphatic heterocycles. The van der Waals surface area contributed by atoms with E-state index in [1.165, 1.54) is 10.9 Å². The highest BCUT2D eigenvalue weighted by Gasteiger charge is 2.22. The number of nitrogens with zero attached hydrogens (tertiary/aromatic N) is 2. The van der Waals surface area contributed by atoms with Gasteiger partial charge in [-0.05, 0) is 38.6 Å². The summed E-state index contributed by atoms with van der Waals surface area (Å²) in [5, 5.41) is 0. The second kappa shape index (κ2) is 6.43. The summed E-state index contributed by atoms with van der Waals surface area (Å²) in [5.41, 5.74) is 9.91. The highest BCUT2D eigenvalue weighted by Crippen LogP contribution is 2.26. The normalized spacial score (nSPS) is 14.5. The number of thiazole rings is 1. The van der Waals surface area contributed by atoms with Crippen molar-refractivity contribution in [3.05, 3.63) is 51.7 Å². The lowest BCUT2D eigenvalue weighted by Crippen LogP contribution is -2.37. The lowest BCUT2D eigenvalue weighted by atomic mass is 9.99. The fourth-order valence-electron chi connectivity index (χ4n) is 2.45. The first-order chi connectivity index (χ1) is 9.49. The Bertz CT molecular complexity index is 568. The number of aryl methyl sites for hydroxylation is 1. The zero-order valence-corrected chi connectivity index (χ0v) is 12.8. The van der Waals surface area contributed by atoms with Gasteiger partial charge in [0.1, 0.15) is 5.82 Å². The van der Waals surface area contributed by atoms with Crippen molar-refractivity contribution < 1.29 is 4.39 Å². The second-order valence-corrected chi connectivity index (χ2v) is 6.07. The van der Waals surface area contributed by atoms with Gasteiger partial charge in [-0.25, -0.2) is 9.37 Å². The van der Waals surface area contributed by atoms with Crippen molar-refractivity contribution in [1.29, 1.82) is 0 Å². The molecule has 1 heterocycles. The maximum absolute atomic E-state index is 13.4. The number of benzene rings is 1. The molecule has 20 heavy (non-hydrogen) atoms. The standard InChI is InChI=1S/C15H20FN3S/c1-10(17)15(12-5-4-6-13(16)7-12)19(3)8-14-11(2)18-9-20-14/h4-7,9-10,15H,8,17H2,1-3H3. The molecular weight excluding hydrogens is 273 g/mol. The maximum Gasteiger partial charge on any atom is 0.123 e. The maximum atomic E-state index is 13.4. The Labute approximate surface area is 123 Å². The lowest BCUT2D eigenvalue weighted by Gasteiger charge is -2.31. The van der Waals surface area contributed by atoms with E-state index < -0.39 is 0 Å². The molecule has 0 fully saturated rings. The van der Waals surface area contributed by atoms with Gasteiger partial charge in [-0.1, -0.05) is 12.1 Å². The highest BCUT2D eigenvalue weighted by atomic mass is 32.1. The number of nitrogens with two attached hydrogens (primary N) is 1. The van der Waals surface area contributed by atoms with Crippen molar-refractivity contribution in [3.8, 4) is 0 Å². The summed E-state index contributed by atoms with van der Waals surface area (Å²) in [7, 11) is 2.01. The van der Waals surface area contributed by atoms with Gasteiger partial charge in [0.2, 0.25) is 0 Å². The Kier molecular flexibility index (Phi) is 4.86. The molecule has 0 aliphatic rings. The molecular formula is C15H20FN3S. The van der Waals surface area contributed by atoms with Crippen LogP contribution in [0.15, 0.2) is 29.8 Å². The van der Waals surface area contributed by atoms with E-state index in [4.69, 9.17) is 5.73 Å². The van der Waals surface area contributed by atoms with E-state index in [9.17, 15) is 4.39 Å². The fourth-order valence-corrected chi connectivity index (χ4v) is 3.29. The van der Waals surface area contributed by atoms with Crippen molar-refractivity contribution in [3.63, 3.8) is 0 Å². The number of rotatable bonds is 5. The van der Waals surface area contributed by atoms with Gasteiger partial charge in [-0.15, -0.1) is 11.3 Å². The molecule has 2 aromatic rings. The molecule has 5 heteroatoms. The molecule has 1 aromatic carbocycles. The molecule has 0 aliphatic carbocycles. The van der Waals surface area contributed by atoms with Crippen LogP contribution >= 0.6 is 11.3 Å². The SMILES string of the molecule is Cc1ncsc1CN(C)C(c1cccc(F)c1)C(C)N. The van der Waals surface area contributed by atoms with Crippen LogP contribution in [0.25, 0.3) is 0 Å². The van der Waals surface area contributed by atoms with E-state index in [1.54, 1.807) is 23.5 Å². The van der Waals surface area contributed by atoms with Gasteiger partial charge < -0.3 is 5.73 Å². The van der Waals surface area contributed by atoms with Crippen molar-refractivity contribution in [2.75, 3.05) is 7.05 Å². The number of likely N-dealkylation sites (N-methyl/N-ethyl adjacent to an activating group) is 1.